The Morgan fingerprint density at radius 3 is 2.83 bits per heavy atom. The fraction of sp³-hybridized carbons (Fsp3) is 0.111. The molecule has 62 valence electrons. The van der Waals surface area contributed by atoms with E-state index in [0.29, 0.717) is 11.5 Å². The second-order valence-corrected chi connectivity index (χ2v) is 2.34. The molecule has 0 saturated carbocycles. The summed E-state index contributed by atoms with van der Waals surface area (Å²) >= 11 is 0. The highest BCUT2D eigenvalue weighted by Crippen LogP contribution is 2.05. The number of carbonyl (C=O) groups excluding carboxylic acids is 1. The molecule has 0 saturated heterocycles. The average molecular weight is 163 g/mol. The van der Waals surface area contributed by atoms with E-state index in [2.05, 4.69) is 11.6 Å². The van der Waals surface area contributed by atoms with Gasteiger partial charge in [0.1, 0.15) is 0 Å². The molecule has 1 rings (SSSR count). The van der Waals surface area contributed by atoms with E-state index in [4.69, 9.17) is 4.74 Å². The van der Waals surface area contributed by atoms with Crippen LogP contribution < -0.4 is 4.74 Å². The second kappa shape index (κ2) is 3.67. The van der Waals surface area contributed by atoms with Gasteiger partial charge in [-0.05, 0) is 13.0 Å². The summed E-state index contributed by atoms with van der Waals surface area (Å²) < 4.78 is 4.83. The maximum absolute atomic E-state index is 11.0. The quantitative estimate of drug-likeness (QED) is 0.490. The van der Waals surface area contributed by atoms with Gasteiger partial charge in [0.25, 0.3) is 0 Å². The number of ether oxygens (including phenoxy) is 1. The largest absolute Gasteiger partial charge is 0.404 e. The molecule has 0 aliphatic carbocycles. The highest BCUT2D eigenvalue weighted by atomic mass is 16.5. The molecule has 0 radical (unpaired) electrons. The van der Waals surface area contributed by atoms with Gasteiger partial charge in [-0.2, -0.15) is 0 Å². The molecule has 3 heteroatoms. The molecule has 0 amide bonds. The van der Waals surface area contributed by atoms with Crippen LogP contribution in [0.5, 0.6) is 5.88 Å². The van der Waals surface area contributed by atoms with E-state index < -0.39 is 5.97 Å². The molecule has 12 heavy (non-hydrogen) atoms. The lowest BCUT2D eigenvalue weighted by molar-refractivity contribution is -0.130. The first kappa shape index (κ1) is 8.46. The maximum atomic E-state index is 11.0. The zero-order valence-corrected chi connectivity index (χ0v) is 6.78. The van der Waals surface area contributed by atoms with Crippen molar-refractivity contribution >= 4 is 5.97 Å². The van der Waals surface area contributed by atoms with Crippen LogP contribution in [0.3, 0.4) is 0 Å². The van der Waals surface area contributed by atoms with Crippen LogP contribution in [0.25, 0.3) is 0 Å². The zero-order chi connectivity index (χ0) is 8.97. The number of nitrogens with zero attached hydrogens (tertiary/aromatic N) is 1. The Kier molecular flexibility index (Phi) is 2.58. The van der Waals surface area contributed by atoms with Crippen LogP contribution >= 0.6 is 0 Å². The predicted molar refractivity (Wildman–Crippen MR) is 44.7 cm³/mol. The average Bonchev–Trinajstić information content (AvgIpc) is 2.06. The third kappa shape index (κ3) is 2.20. The third-order valence-electron chi connectivity index (χ3n) is 1.18. The van der Waals surface area contributed by atoms with E-state index >= 15 is 0 Å². The minimum atomic E-state index is -0.450. The molecule has 1 heterocycles. The van der Waals surface area contributed by atoms with E-state index in [0.717, 1.165) is 0 Å². The van der Waals surface area contributed by atoms with E-state index in [1.807, 2.05) is 0 Å². The standard InChI is InChI=1S/C9H9NO2/c1-7(2)9(11)12-8-5-3-4-6-10-8/h3-6H,1H2,2H3. The van der Waals surface area contributed by atoms with Crippen LogP contribution in [0.4, 0.5) is 0 Å². The number of carbonyl (C=O) groups is 1. The van der Waals surface area contributed by atoms with Gasteiger partial charge in [0.2, 0.25) is 5.88 Å². The SMILES string of the molecule is C=C(C)C(=O)Oc1ccccn1. The molecule has 0 aromatic carbocycles. The Hall–Kier alpha value is -1.64. The van der Waals surface area contributed by atoms with Crippen molar-refractivity contribution in [2.24, 2.45) is 0 Å². The van der Waals surface area contributed by atoms with Gasteiger partial charge in [0.05, 0.1) is 0 Å². The molecule has 0 spiro atoms. The first-order chi connectivity index (χ1) is 5.70. The molecule has 0 bridgehead atoms. The van der Waals surface area contributed by atoms with Crippen LogP contribution in [0, 0.1) is 0 Å². The van der Waals surface area contributed by atoms with Gasteiger partial charge in [-0.25, -0.2) is 9.78 Å². The fourth-order valence-corrected chi connectivity index (χ4v) is 0.590. The van der Waals surface area contributed by atoms with Crippen molar-refractivity contribution < 1.29 is 9.53 Å². The first-order valence-corrected chi connectivity index (χ1v) is 3.49. The molecular weight excluding hydrogens is 154 g/mol. The first-order valence-electron chi connectivity index (χ1n) is 3.49. The molecular formula is C9H9NO2. The Balaban J connectivity index is 2.65. The minimum Gasteiger partial charge on any atom is -0.404 e. The van der Waals surface area contributed by atoms with Crippen LogP contribution in [0.15, 0.2) is 36.5 Å². The molecule has 0 unspecified atom stereocenters. The van der Waals surface area contributed by atoms with Crippen LogP contribution in [-0.2, 0) is 4.79 Å². The molecule has 1 aromatic rings. The van der Waals surface area contributed by atoms with E-state index in [9.17, 15) is 4.79 Å². The topological polar surface area (TPSA) is 39.2 Å². The highest BCUT2D eigenvalue weighted by Gasteiger charge is 2.04. The molecule has 0 fully saturated rings. The normalized spacial score (nSPS) is 9.08. The van der Waals surface area contributed by atoms with Gasteiger partial charge < -0.3 is 4.74 Å². The van der Waals surface area contributed by atoms with Gasteiger partial charge in [-0.3, -0.25) is 0 Å². The summed E-state index contributed by atoms with van der Waals surface area (Å²) in [6, 6.07) is 5.10. The van der Waals surface area contributed by atoms with Gasteiger partial charge in [0.15, 0.2) is 0 Å². The molecule has 0 aliphatic heterocycles. The smallest absolute Gasteiger partial charge is 0.339 e. The minimum absolute atomic E-state index is 0.297. The van der Waals surface area contributed by atoms with Crippen molar-refractivity contribution in [2.75, 3.05) is 0 Å². The van der Waals surface area contributed by atoms with Crippen LogP contribution in [-0.4, -0.2) is 11.0 Å². The lowest BCUT2D eigenvalue weighted by Crippen LogP contribution is -2.08. The monoisotopic (exact) mass is 163 g/mol. The number of rotatable bonds is 2. The summed E-state index contributed by atoms with van der Waals surface area (Å²) in [6.07, 6.45) is 1.56. The van der Waals surface area contributed by atoms with Gasteiger partial charge in [0, 0.05) is 17.8 Å². The van der Waals surface area contributed by atoms with Crippen molar-refractivity contribution in [2.45, 2.75) is 6.92 Å². The van der Waals surface area contributed by atoms with Crippen molar-refractivity contribution in [3.05, 3.63) is 36.5 Å². The highest BCUT2D eigenvalue weighted by molar-refractivity contribution is 5.88. The predicted octanol–water partition coefficient (Wildman–Crippen LogP) is 1.56. The zero-order valence-electron chi connectivity index (χ0n) is 6.78. The molecule has 0 atom stereocenters. The molecule has 0 N–H and O–H groups in total. The lowest BCUT2D eigenvalue weighted by Gasteiger charge is -2.00. The van der Waals surface area contributed by atoms with Crippen molar-refractivity contribution in [3.8, 4) is 5.88 Å². The summed E-state index contributed by atoms with van der Waals surface area (Å²) in [6.45, 7) is 5.04. The lowest BCUT2D eigenvalue weighted by atomic mass is 10.4. The number of esters is 1. The third-order valence-corrected chi connectivity index (χ3v) is 1.18. The fourth-order valence-electron chi connectivity index (χ4n) is 0.590. The summed E-state index contributed by atoms with van der Waals surface area (Å²) in [5.74, 6) is -0.154. The number of aromatic nitrogens is 1. The van der Waals surface area contributed by atoms with Gasteiger partial charge >= 0.3 is 5.97 Å². The molecule has 1 aromatic heterocycles. The summed E-state index contributed by atoms with van der Waals surface area (Å²) in [5.41, 5.74) is 0.362. The summed E-state index contributed by atoms with van der Waals surface area (Å²) in [5, 5.41) is 0. The summed E-state index contributed by atoms with van der Waals surface area (Å²) in [4.78, 5) is 14.8. The molecule has 3 nitrogen and oxygen atoms in total. The van der Waals surface area contributed by atoms with Gasteiger partial charge in [-0.15, -0.1) is 0 Å². The van der Waals surface area contributed by atoms with Gasteiger partial charge in [-0.1, -0.05) is 12.6 Å². The Labute approximate surface area is 70.7 Å². The second-order valence-electron chi connectivity index (χ2n) is 2.34. The van der Waals surface area contributed by atoms with Crippen molar-refractivity contribution in [1.29, 1.82) is 0 Å². The van der Waals surface area contributed by atoms with Crippen LogP contribution in [0.2, 0.25) is 0 Å². The number of hydrogen-bond donors (Lipinski definition) is 0. The number of pyridine rings is 1. The maximum Gasteiger partial charge on any atom is 0.339 e. The Morgan fingerprint density at radius 1 is 1.58 bits per heavy atom. The summed E-state index contributed by atoms with van der Waals surface area (Å²) in [7, 11) is 0. The van der Waals surface area contributed by atoms with E-state index in [1.165, 1.54) is 0 Å². The Bertz CT molecular complexity index is 293. The Morgan fingerprint density at radius 2 is 2.33 bits per heavy atom. The van der Waals surface area contributed by atoms with Crippen molar-refractivity contribution in [1.82, 2.24) is 4.98 Å². The van der Waals surface area contributed by atoms with Crippen LogP contribution in [0.1, 0.15) is 6.92 Å². The molecule has 0 aliphatic rings. The van der Waals surface area contributed by atoms with E-state index in [1.54, 1.807) is 31.3 Å². The van der Waals surface area contributed by atoms with Crippen molar-refractivity contribution in [3.63, 3.8) is 0 Å². The van der Waals surface area contributed by atoms with E-state index in [-0.39, 0.29) is 0 Å². The number of hydrogen-bond acceptors (Lipinski definition) is 3.